The molecule has 0 saturated heterocycles. The Bertz CT molecular complexity index is 684. The van der Waals surface area contributed by atoms with Gasteiger partial charge in [0.15, 0.2) is 0 Å². The summed E-state index contributed by atoms with van der Waals surface area (Å²) >= 11 is 0. The van der Waals surface area contributed by atoms with Crippen LogP contribution in [0.25, 0.3) is 0 Å². The van der Waals surface area contributed by atoms with Crippen LogP contribution in [-0.4, -0.2) is 13.5 Å². The van der Waals surface area contributed by atoms with Crippen LogP contribution in [0.15, 0.2) is 54.6 Å². The van der Waals surface area contributed by atoms with Crippen molar-refractivity contribution in [1.29, 1.82) is 0 Å². The van der Waals surface area contributed by atoms with Crippen LogP contribution in [0.4, 0.5) is 0 Å². The standard InChI is InChI=1S/C16H19NO3S/c1-2-15(14-10-6-7-11-16(14)18)17-21(19,20)12-13-8-4-3-5-9-13/h3-11,15,17-18H,2,12H2,1H3/t15-/m1/s1. The van der Waals surface area contributed by atoms with Crippen molar-refractivity contribution in [2.24, 2.45) is 0 Å². The zero-order valence-electron chi connectivity index (χ0n) is 11.9. The van der Waals surface area contributed by atoms with Gasteiger partial charge in [0.1, 0.15) is 5.75 Å². The van der Waals surface area contributed by atoms with E-state index >= 15 is 0 Å². The second-order valence-electron chi connectivity index (χ2n) is 4.88. The summed E-state index contributed by atoms with van der Waals surface area (Å²) in [5.74, 6) is 0.0320. The third-order valence-electron chi connectivity index (χ3n) is 3.24. The summed E-state index contributed by atoms with van der Waals surface area (Å²) in [6.45, 7) is 1.88. The molecule has 1 atom stereocenters. The van der Waals surface area contributed by atoms with E-state index < -0.39 is 16.1 Å². The van der Waals surface area contributed by atoms with Gasteiger partial charge in [0.2, 0.25) is 10.0 Å². The molecule has 21 heavy (non-hydrogen) atoms. The van der Waals surface area contributed by atoms with Crippen molar-refractivity contribution in [3.8, 4) is 5.75 Å². The highest BCUT2D eigenvalue weighted by molar-refractivity contribution is 7.88. The largest absolute Gasteiger partial charge is 0.508 e. The van der Waals surface area contributed by atoms with Crippen LogP contribution in [0.2, 0.25) is 0 Å². The number of phenols is 1. The Hall–Kier alpha value is -1.85. The Morgan fingerprint density at radius 2 is 1.67 bits per heavy atom. The molecule has 112 valence electrons. The Kier molecular flexibility index (Phi) is 4.98. The Labute approximate surface area is 125 Å². The molecular weight excluding hydrogens is 286 g/mol. The third kappa shape index (κ3) is 4.31. The molecule has 0 fully saturated rings. The van der Waals surface area contributed by atoms with Crippen molar-refractivity contribution in [3.63, 3.8) is 0 Å². The van der Waals surface area contributed by atoms with Crippen molar-refractivity contribution in [2.45, 2.75) is 25.1 Å². The van der Waals surface area contributed by atoms with Gasteiger partial charge in [-0.2, -0.15) is 0 Å². The summed E-state index contributed by atoms with van der Waals surface area (Å²) in [4.78, 5) is 0. The van der Waals surface area contributed by atoms with Crippen molar-refractivity contribution in [1.82, 2.24) is 4.72 Å². The van der Waals surface area contributed by atoms with E-state index in [1.54, 1.807) is 36.4 Å². The van der Waals surface area contributed by atoms with Crippen LogP contribution >= 0.6 is 0 Å². The predicted molar refractivity (Wildman–Crippen MR) is 83.3 cm³/mol. The maximum atomic E-state index is 12.3. The molecule has 0 spiro atoms. The van der Waals surface area contributed by atoms with Gasteiger partial charge in [-0.25, -0.2) is 13.1 Å². The Morgan fingerprint density at radius 1 is 1.05 bits per heavy atom. The van der Waals surface area contributed by atoms with Crippen molar-refractivity contribution < 1.29 is 13.5 Å². The van der Waals surface area contributed by atoms with Gasteiger partial charge >= 0.3 is 0 Å². The molecule has 0 saturated carbocycles. The van der Waals surface area contributed by atoms with Crippen molar-refractivity contribution in [2.75, 3.05) is 0 Å². The van der Waals surface area contributed by atoms with Crippen LogP contribution < -0.4 is 4.72 Å². The fourth-order valence-corrected chi connectivity index (χ4v) is 3.64. The van der Waals surface area contributed by atoms with E-state index in [1.165, 1.54) is 0 Å². The average molecular weight is 305 g/mol. The highest BCUT2D eigenvalue weighted by Gasteiger charge is 2.20. The smallest absolute Gasteiger partial charge is 0.216 e. The third-order valence-corrected chi connectivity index (χ3v) is 4.60. The summed E-state index contributed by atoms with van der Waals surface area (Å²) in [5, 5.41) is 9.86. The molecule has 0 amide bonds. The second kappa shape index (κ2) is 6.74. The van der Waals surface area contributed by atoms with E-state index in [-0.39, 0.29) is 11.5 Å². The molecule has 0 unspecified atom stereocenters. The molecule has 0 aliphatic carbocycles. The highest BCUT2D eigenvalue weighted by Crippen LogP contribution is 2.26. The summed E-state index contributed by atoms with van der Waals surface area (Å²) in [7, 11) is -3.47. The summed E-state index contributed by atoms with van der Waals surface area (Å²) in [5.41, 5.74) is 1.33. The molecule has 2 rings (SSSR count). The lowest BCUT2D eigenvalue weighted by atomic mass is 10.0. The molecule has 5 heteroatoms. The van der Waals surface area contributed by atoms with Gasteiger partial charge in [0, 0.05) is 5.56 Å². The molecule has 0 aliphatic rings. The molecule has 2 aromatic carbocycles. The van der Waals surface area contributed by atoms with Gasteiger partial charge in [-0.05, 0) is 18.1 Å². The Balaban J connectivity index is 2.16. The van der Waals surface area contributed by atoms with Gasteiger partial charge in [-0.1, -0.05) is 55.5 Å². The van der Waals surface area contributed by atoms with Gasteiger partial charge in [0.25, 0.3) is 0 Å². The number of hydrogen-bond donors (Lipinski definition) is 2. The maximum Gasteiger partial charge on any atom is 0.216 e. The summed E-state index contributed by atoms with van der Waals surface area (Å²) < 4.78 is 27.2. The van der Waals surface area contributed by atoms with Crippen molar-refractivity contribution in [3.05, 3.63) is 65.7 Å². The van der Waals surface area contributed by atoms with E-state index in [2.05, 4.69) is 4.72 Å². The first kappa shape index (κ1) is 15.5. The molecule has 0 aliphatic heterocycles. The zero-order valence-corrected chi connectivity index (χ0v) is 12.7. The molecule has 2 N–H and O–H groups in total. The van der Waals surface area contributed by atoms with Crippen LogP contribution in [0, 0.1) is 0 Å². The van der Waals surface area contributed by atoms with Crippen LogP contribution in [0.1, 0.15) is 30.5 Å². The maximum absolute atomic E-state index is 12.3. The van der Waals surface area contributed by atoms with Gasteiger partial charge in [-0.3, -0.25) is 0 Å². The summed E-state index contributed by atoms with van der Waals surface area (Å²) in [6, 6.07) is 15.4. The normalized spacial score (nSPS) is 13.0. The summed E-state index contributed by atoms with van der Waals surface area (Å²) in [6.07, 6.45) is 0.561. The van der Waals surface area contributed by atoms with Gasteiger partial charge in [-0.15, -0.1) is 0 Å². The van der Waals surface area contributed by atoms with E-state index in [9.17, 15) is 13.5 Å². The molecule has 4 nitrogen and oxygen atoms in total. The van der Waals surface area contributed by atoms with Crippen LogP contribution in [0.5, 0.6) is 5.75 Å². The number of sulfonamides is 1. The lowest BCUT2D eigenvalue weighted by molar-refractivity contribution is 0.454. The van der Waals surface area contributed by atoms with E-state index in [0.29, 0.717) is 12.0 Å². The minimum absolute atomic E-state index is 0.0715. The predicted octanol–water partition coefficient (Wildman–Crippen LogP) is 2.96. The SMILES string of the molecule is CC[C@@H](NS(=O)(=O)Cc1ccccc1)c1ccccc1O. The zero-order chi connectivity index (χ0) is 15.3. The first-order valence-electron chi connectivity index (χ1n) is 6.83. The molecule has 0 bridgehead atoms. The number of aromatic hydroxyl groups is 1. The average Bonchev–Trinajstić information content (AvgIpc) is 2.46. The minimum Gasteiger partial charge on any atom is -0.508 e. The number of hydrogen-bond acceptors (Lipinski definition) is 3. The quantitative estimate of drug-likeness (QED) is 0.862. The molecule has 0 radical (unpaired) electrons. The minimum atomic E-state index is -3.47. The number of benzene rings is 2. The topological polar surface area (TPSA) is 66.4 Å². The van der Waals surface area contributed by atoms with Crippen LogP contribution in [-0.2, 0) is 15.8 Å². The molecular formula is C16H19NO3S. The lowest BCUT2D eigenvalue weighted by Gasteiger charge is -2.18. The monoisotopic (exact) mass is 305 g/mol. The van der Waals surface area contributed by atoms with E-state index in [4.69, 9.17) is 0 Å². The number of para-hydroxylation sites is 1. The van der Waals surface area contributed by atoms with E-state index in [1.807, 2.05) is 25.1 Å². The number of phenolic OH excluding ortho intramolecular Hbond substituents is 1. The fourth-order valence-electron chi connectivity index (χ4n) is 2.20. The fraction of sp³-hybridized carbons (Fsp3) is 0.250. The number of rotatable bonds is 6. The molecule has 2 aromatic rings. The highest BCUT2D eigenvalue weighted by atomic mass is 32.2. The number of nitrogens with one attached hydrogen (secondary N) is 1. The lowest BCUT2D eigenvalue weighted by Crippen LogP contribution is -2.29. The van der Waals surface area contributed by atoms with Gasteiger partial charge in [0.05, 0.1) is 11.8 Å². The van der Waals surface area contributed by atoms with Gasteiger partial charge < -0.3 is 5.11 Å². The Morgan fingerprint density at radius 3 is 2.29 bits per heavy atom. The molecule has 0 aromatic heterocycles. The van der Waals surface area contributed by atoms with Crippen molar-refractivity contribution >= 4 is 10.0 Å². The van der Waals surface area contributed by atoms with Crippen LogP contribution in [0.3, 0.4) is 0 Å². The molecule has 0 heterocycles. The first-order valence-corrected chi connectivity index (χ1v) is 8.49. The first-order chi connectivity index (χ1) is 10.0. The van der Waals surface area contributed by atoms with E-state index in [0.717, 1.165) is 5.56 Å². The second-order valence-corrected chi connectivity index (χ2v) is 6.64.